The molecule has 220 valence electrons. The highest BCUT2D eigenvalue weighted by molar-refractivity contribution is 7.98. The number of nitrogens with zero attached hydrogens (tertiary/aromatic N) is 7. The van der Waals surface area contributed by atoms with Crippen LogP contribution in [0.4, 0.5) is 18.9 Å². The number of hydrogen-bond donors (Lipinski definition) is 0. The van der Waals surface area contributed by atoms with E-state index in [1.165, 1.54) is 40.4 Å². The van der Waals surface area contributed by atoms with Crippen molar-refractivity contribution in [3.63, 3.8) is 0 Å². The molecule has 8 nitrogen and oxygen atoms in total. The number of para-hydroxylation sites is 1. The lowest BCUT2D eigenvalue weighted by molar-refractivity contribution is -0.137. The molecule has 1 aliphatic rings. The van der Waals surface area contributed by atoms with Crippen LogP contribution in [0.15, 0.2) is 83.6 Å². The number of anilines is 1. The van der Waals surface area contributed by atoms with E-state index in [4.69, 9.17) is 0 Å². The molecular formula is C30H26F3N7OS2. The smallest absolute Gasteiger partial charge is 0.368 e. The number of aromatic nitrogens is 5. The number of carbonyl (C=O) groups excluding carboxylic acids is 1. The van der Waals surface area contributed by atoms with E-state index in [9.17, 15) is 18.0 Å². The maximum Gasteiger partial charge on any atom is 0.416 e. The first-order valence-electron chi connectivity index (χ1n) is 13.5. The fourth-order valence-corrected chi connectivity index (χ4v) is 6.67. The number of benzene rings is 2. The first-order valence-corrected chi connectivity index (χ1v) is 15.3. The van der Waals surface area contributed by atoms with E-state index in [0.29, 0.717) is 46.1 Å². The molecule has 1 fully saturated rings. The van der Waals surface area contributed by atoms with Gasteiger partial charge in [0.25, 0.3) is 5.91 Å². The van der Waals surface area contributed by atoms with Crippen molar-refractivity contribution in [1.29, 1.82) is 0 Å². The molecule has 0 saturated carbocycles. The zero-order valence-corrected chi connectivity index (χ0v) is 24.7. The second-order valence-corrected chi connectivity index (χ2v) is 11.8. The van der Waals surface area contributed by atoms with Crippen molar-refractivity contribution >= 4 is 34.7 Å². The van der Waals surface area contributed by atoms with Gasteiger partial charge in [-0.15, -0.1) is 21.5 Å². The number of halogens is 3. The Kier molecular flexibility index (Phi) is 8.17. The molecule has 0 N–H and O–H groups in total. The van der Waals surface area contributed by atoms with Gasteiger partial charge in [-0.05, 0) is 48.9 Å². The van der Waals surface area contributed by atoms with Crippen LogP contribution < -0.4 is 4.90 Å². The van der Waals surface area contributed by atoms with Gasteiger partial charge in [0.15, 0.2) is 11.0 Å². The number of thioether (sulfide) groups is 1. The normalized spacial score (nSPS) is 13.9. The minimum Gasteiger partial charge on any atom is -0.368 e. The molecule has 4 heterocycles. The Morgan fingerprint density at radius 2 is 1.81 bits per heavy atom. The molecule has 0 atom stereocenters. The minimum absolute atomic E-state index is 0.108. The van der Waals surface area contributed by atoms with Crippen LogP contribution in [-0.4, -0.2) is 61.7 Å². The highest BCUT2D eigenvalue weighted by Gasteiger charge is 2.31. The van der Waals surface area contributed by atoms with E-state index in [0.717, 1.165) is 25.2 Å². The van der Waals surface area contributed by atoms with Crippen LogP contribution in [0.2, 0.25) is 0 Å². The predicted molar refractivity (Wildman–Crippen MR) is 161 cm³/mol. The first kappa shape index (κ1) is 28.9. The quantitative estimate of drug-likeness (QED) is 0.196. The van der Waals surface area contributed by atoms with E-state index < -0.39 is 11.7 Å². The second-order valence-electron chi connectivity index (χ2n) is 9.91. The number of alkyl halides is 3. The van der Waals surface area contributed by atoms with Crippen molar-refractivity contribution in [2.75, 3.05) is 31.1 Å². The number of aryl methyl sites for hydroxylation is 1. The van der Waals surface area contributed by atoms with Gasteiger partial charge < -0.3 is 9.80 Å². The van der Waals surface area contributed by atoms with E-state index in [1.54, 1.807) is 40.5 Å². The molecule has 0 radical (unpaired) electrons. The molecule has 43 heavy (non-hydrogen) atoms. The molecule has 1 amide bonds. The van der Waals surface area contributed by atoms with E-state index in [1.807, 2.05) is 17.0 Å². The topological polar surface area (TPSA) is 80.0 Å². The van der Waals surface area contributed by atoms with E-state index >= 15 is 0 Å². The summed E-state index contributed by atoms with van der Waals surface area (Å²) in [5.41, 5.74) is 2.91. The number of hydrogen-bond acceptors (Lipinski definition) is 8. The third-order valence-corrected chi connectivity index (χ3v) is 9.08. The number of pyridine rings is 1. The zero-order valence-electron chi connectivity index (χ0n) is 23.0. The SMILES string of the molecule is Cc1ccccc1N1CCN(C(=O)c2csc(CSc3nnc(-c4cccnc4)n3-c3cccc(C(F)(F)F)c3)n2)CC1. The minimum atomic E-state index is -4.50. The maximum atomic E-state index is 13.5. The van der Waals surface area contributed by atoms with Crippen molar-refractivity contribution in [2.45, 2.75) is 24.0 Å². The Balaban J connectivity index is 1.17. The summed E-state index contributed by atoms with van der Waals surface area (Å²) in [6.45, 7) is 4.78. The molecule has 0 aliphatic carbocycles. The fourth-order valence-electron chi connectivity index (χ4n) is 4.93. The van der Waals surface area contributed by atoms with Crippen molar-refractivity contribution in [1.82, 2.24) is 29.6 Å². The first-order chi connectivity index (χ1) is 20.8. The van der Waals surface area contributed by atoms with Gasteiger partial charge in [-0.25, -0.2) is 4.98 Å². The Labute approximate surface area is 254 Å². The monoisotopic (exact) mass is 621 g/mol. The summed E-state index contributed by atoms with van der Waals surface area (Å²) in [5.74, 6) is 0.626. The zero-order chi connectivity index (χ0) is 30.0. The lowest BCUT2D eigenvalue weighted by Crippen LogP contribution is -2.49. The lowest BCUT2D eigenvalue weighted by Gasteiger charge is -2.36. The Hall–Kier alpha value is -4.23. The van der Waals surface area contributed by atoms with Crippen LogP contribution >= 0.6 is 23.1 Å². The van der Waals surface area contributed by atoms with Gasteiger partial charge in [0.2, 0.25) is 0 Å². The van der Waals surface area contributed by atoms with Crippen molar-refractivity contribution in [2.24, 2.45) is 0 Å². The van der Waals surface area contributed by atoms with Gasteiger partial charge in [0, 0.05) is 55.2 Å². The largest absolute Gasteiger partial charge is 0.416 e. The standard InChI is InChI=1S/C30H26F3N7OS2/c1-20-6-2-3-10-25(20)38-12-14-39(15-13-38)28(41)24-18-42-26(35-24)19-43-29-37-36-27(21-7-5-11-34-17-21)40(29)23-9-4-8-22(16-23)30(31,32)33/h2-11,16-18H,12-15,19H2,1H3. The molecule has 5 aromatic rings. The summed E-state index contributed by atoms with van der Waals surface area (Å²) in [4.78, 5) is 26.1. The Morgan fingerprint density at radius 3 is 2.56 bits per heavy atom. The molecule has 1 saturated heterocycles. The summed E-state index contributed by atoms with van der Waals surface area (Å²) in [6, 6.07) is 16.8. The van der Waals surface area contributed by atoms with Gasteiger partial charge in [-0.3, -0.25) is 14.3 Å². The van der Waals surface area contributed by atoms with Crippen LogP contribution in [0, 0.1) is 6.92 Å². The summed E-state index contributed by atoms with van der Waals surface area (Å²) in [5, 5.41) is 11.4. The van der Waals surface area contributed by atoms with Crippen molar-refractivity contribution in [3.8, 4) is 17.1 Å². The number of thiazole rings is 1. The molecule has 0 bridgehead atoms. The summed E-state index contributed by atoms with van der Waals surface area (Å²) in [7, 11) is 0. The molecule has 13 heteroatoms. The maximum absolute atomic E-state index is 13.5. The van der Waals surface area contributed by atoms with E-state index in [2.05, 4.69) is 44.1 Å². The van der Waals surface area contributed by atoms with Gasteiger partial charge in [-0.2, -0.15) is 13.2 Å². The molecule has 2 aromatic carbocycles. The van der Waals surface area contributed by atoms with Gasteiger partial charge in [-0.1, -0.05) is 36.0 Å². The molecule has 6 rings (SSSR count). The average molecular weight is 622 g/mol. The van der Waals surface area contributed by atoms with Gasteiger partial charge in [0.1, 0.15) is 10.7 Å². The number of rotatable bonds is 7. The van der Waals surface area contributed by atoms with Gasteiger partial charge in [0.05, 0.1) is 17.0 Å². The fraction of sp³-hybridized carbons (Fsp3) is 0.233. The number of piperazine rings is 1. The summed E-state index contributed by atoms with van der Waals surface area (Å²) >= 11 is 2.65. The molecule has 3 aromatic heterocycles. The predicted octanol–water partition coefficient (Wildman–Crippen LogP) is 6.37. The van der Waals surface area contributed by atoms with Crippen molar-refractivity contribution in [3.05, 3.63) is 100 Å². The lowest BCUT2D eigenvalue weighted by atomic mass is 10.1. The van der Waals surface area contributed by atoms with Crippen LogP contribution in [-0.2, 0) is 11.9 Å². The van der Waals surface area contributed by atoms with Crippen molar-refractivity contribution < 1.29 is 18.0 Å². The molecule has 1 aliphatic heterocycles. The van der Waals surface area contributed by atoms with Crippen LogP contribution in [0.25, 0.3) is 17.1 Å². The summed E-state index contributed by atoms with van der Waals surface area (Å²) < 4.78 is 42.2. The highest BCUT2D eigenvalue weighted by atomic mass is 32.2. The van der Waals surface area contributed by atoms with E-state index in [-0.39, 0.29) is 11.6 Å². The number of amides is 1. The Bertz CT molecular complexity index is 1730. The average Bonchev–Trinajstić information content (AvgIpc) is 3.68. The third kappa shape index (κ3) is 6.27. The molecular weight excluding hydrogens is 596 g/mol. The van der Waals surface area contributed by atoms with Gasteiger partial charge >= 0.3 is 6.18 Å². The second kappa shape index (κ2) is 12.2. The summed E-state index contributed by atoms with van der Waals surface area (Å²) in [6.07, 6.45) is -1.31. The molecule has 0 spiro atoms. The number of carbonyl (C=O) groups is 1. The third-order valence-electron chi connectivity index (χ3n) is 7.10. The van der Waals surface area contributed by atoms with Crippen LogP contribution in [0.5, 0.6) is 0 Å². The highest BCUT2D eigenvalue weighted by Crippen LogP contribution is 2.34. The van der Waals surface area contributed by atoms with Crippen LogP contribution in [0.1, 0.15) is 26.6 Å². The van der Waals surface area contributed by atoms with Crippen LogP contribution in [0.3, 0.4) is 0 Å². The molecule has 0 unspecified atom stereocenters. The Morgan fingerprint density at radius 1 is 1.00 bits per heavy atom.